The molecular formula is C22H41N3O6. The fourth-order valence-corrected chi connectivity index (χ4v) is 2.73. The normalized spacial score (nSPS) is 13.5. The van der Waals surface area contributed by atoms with Crippen LogP contribution in [-0.2, 0) is 23.9 Å². The molecule has 0 aromatic rings. The lowest BCUT2D eigenvalue weighted by Gasteiger charge is -2.33. The van der Waals surface area contributed by atoms with Crippen LogP contribution < -0.4 is 0 Å². The summed E-state index contributed by atoms with van der Waals surface area (Å²) in [6.45, 7) is 9.34. The van der Waals surface area contributed by atoms with Crippen molar-refractivity contribution in [2.75, 3.05) is 34.4 Å². The van der Waals surface area contributed by atoms with Crippen molar-refractivity contribution in [1.82, 2.24) is 14.7 Å². The Bertz CT molecular complexity index is 598. The Labute approximate surface area is 187 Å². The first kappa shape index (κ1) is 28.7. The van der Waals surface area contributed by atoms with Crippen LogP contribution in [0.2, 0.25) is 0 Å². The van der Waals surface area contributed by atoms with Crippen molar-refractivity contribution in [3.63, 3.8) is 0 Å². The summed E-state index contributed by atoms with van der Waals surface area (Å²) in [6, 6.07) is -2.39. The van der Waals surface area contributed by atoms with Crippen LogP contribution in [0, 0.1) is 0 Å². The summed E-state index contributed by atoms with van der Waals surface area (Å²) in [5, 5.41) is 0. The zero-order valence-corrected chi connectivity index (χ0v) is 20.5. The van der Waals surface area contributed by atoms with Crippen LogP contribution in [0.3, 0.4) is 0 Å². The van der Waals surface area contributed by atoms with Crippen molar-refractivity contribution in [2.24, 2.45) is 0 Å². The number of esters is 1. The minimum absolute atomic E-state index is 0.270. The van der Waals surface area contributed by atoms with Crippen molar-refractivity contribution in [2.45, 2.75) is 84.8 Å². The van der Waals surface area contributed by atoms with Crippen molar-refractivity contribution in [3.05, 3.63) is 0 Å². The average Bonchev–Trinajstić information content (AvgIpc) is 2.77. The Morgan fingerprint density at radius 1 is 0.645 bits per heavy atom. The Morgan fingerprint density at radius 2 is 1.16 bits per heavy atom. The molecule has 31 heavy (non-hydrogen) atoms. The van der Waals surface area contributed by atoms with Crippen LogP contribution in [-0.4, -0.2) is 91.1 Å². The number of unbranched alkanes of at least 4 members (excludes halogenated alkanes) is 3. The molecule has 0 saturated carbocycles. The molecule has 0 aliphatic carbocycles. The van der Waals surface area contributed by atoms with Crippen LogP contribution in [0.4, 0.5) is 4.79 Å². The van der Waals surface area contributed by atoms with Gasteiger partial charge in [-0.3, -0.25) is 14.5 Å². The summed E-state index contributed by atoms with van der Waals surface area (Å²) in [4.78, 5) is 53.6. The van der Waals surface area contributed by atoms with Gasteiger partial charge in [0.15, 0.2) is 0 Å². The summed E-state index contributed by atoms with van der Waals surface area (Å²) in [7, 11) is 4.49. The molecule has 3 unspecified atom stereocenters. The molecule has 9 nitrogen and oxygen atoms in total. The Balaban J connectivity index is 4.85. The lowest BCUT2D eigenvalue weighted by molar-refractivity contribution is -0.156. The number of hydrogen-bond donors (Lipinski definition) is 0. The second-order valence-electron chi connectivity index (χ2n) is 7.88. The van der Waals surface area contributed by atoms with E-state index in [1.165, 1.54) is 35.8 Å². The first-order valence-corrected chi connectivity index (χ1v) is 11.1. The number of ether oxygens (including phenoxy) is 2. The van der Waals surface area contributed by atoms with E-state index < -0.39 is 42.0 Å². The number of rotatable bonds is 13. The zero-order valence-electron chi connectivity index (χ0n) is 20.5. The average molecular weight is 444 g/mol. The van der Waals surface area contributed by atoms with E-state index in [9.17, 15) is 19.2 Å². The first-order valence-electron chi connectivity index (χ1n) is 11.1. The lowest BCUT2D eigenvalue weighted by Crippen LogP contribution is -2.54. The van der Waals surface area contributed by atoms with Gasteiger partial charge in [-0.25, -0.2) is 9.59 Å². The van der Waals surface area contributed by atoms with E-state index in [0.717, 1.165) is 25.7 Å². The molecule has 0 aromatic heterocycles. The van der Waals surface area contributed by atoms with E-state index in [2.05, 4.69) is 6.92 Å². The predicted octanol–water partition coefficient (Wildman–Crippen LogP) is 2.67. The van der Waals surface area contributed by atoms with Crippen LogP contribution >= 0.6 is 0 Å². The second kappa shape index (κ2) is 14.6. The van der Waals surface area contributed by atoms with Crippen LogP contribution in [0.25, 0.3) is 0 Å². The minimum Gasteiger partial charge on any atom is -0.464 e. The first-order chi connectivity index (χ1) is 14.5. The molecule has 0 heterocycles. The maximum atomic E-state index is 12.8. The summed E-state index contributed by atoms with van der Waals surface area (Å²) in [6.07, 6.45) is 4.06. The van der Waals surface area contributed by atoms with Gasteiger partial charge in [0.1, 0.15) is 18.1 Å². The van der Waals surface area contributed by atoms with Crippen molar-refractivity contribution >= 4 is 23.9 Å². The molecule has 0 saturated heterocycles. The smallest absolute Gasteiger partial charge is 0.410 e. The van der Waals surface area contributed by atoms with Crippen LogP contribution in [0.5, 0.6) is 0 Å². The van der Waals surface area contributed by atoms with E-state index in [0.29, 0.717) is 13.0 Å². The van der Waals surface area contributed by atoms with Gasteiger partial charge in [0.2, 0.25) is 11.8 Å². The molecule has 180 valence electrons. The van der Waals surface area contributed by atoms with Crippen LogP contribution in [0.15, 0.2) is 0 Å². The molecule has 9 heteroatoms. The molecule has 0 aliphatic heterocycles. The fourth-order valence-electron chi connectivity index (χ4n) is 2.73. The second-order valence-corrected chi connectivity index (χ2v) is 7.88. The zero-order chi connectivity index (χ0) is 24.1. The molecule has 3 amide bonds. The topological polar surface area (TPSA) is 96.5 Å². The van der Waals surface area contributed by atoms with E-state index >= 15 is 0 Å². The lowest BCUT2D eigenvalue weighted by atomic mass is 10.2. The third-order valence-electron chi connectivity index (χ3n) is 5.45. The van der Waals surface area contributed by atoms with Crippen LogP contribution in [0.1, 0.15) is 66.7 Å². The maximum Gasteiger partial charge on any atom is 0.410 e. The van der Waals surface area contributed by atoms with Gasteiger partial charge in [0.05, 0.1) is 13.2 Å². The van der Waals surface area contributed by atoms with Crippen molar-refractivity contribution in [1.29, 1.82) is 0 Å². The molecular weight excluding hydrogens is 402 g/mol. The standard InChI is InChI=1S/C22H41N3O6/c1-9-11-12-13-15-30-21(28)18(5)24(7)19(26)16(3)23(6)20(27)17(4)25(8)22(29)31-14-10-2/h16-18H,9-15H2,1-8H3. The Kier molecular flexibility index (Phi) is 13.5. The molecule has 0 bridgehead atoms. The quantitative estimate of drug-likeness (QED) is 0.321. The molecule has 0 radical (unpaired) electrons. The van der Waals surface area contributed by atoms with E-state index in [1.807, 2.05) is 6.92 Å². The summed E-state index contributed by atoms with van der Waals surface area (Å²) >= 11 is 0. The van der Waals surface area contributed by atoms with Gasteiger partial charge in [-0.05, 0) is 33.6 Å². The molecule has 3 atom stereocenters. The monoisotopic (exact) mass is 443 g/mol. The van der Waals surface area contributed by atoms with Gasteiger partial charge >= 0.3 is 12.1 Å². The molecule has 0 aliphatic rings. The summed E-state index contributed by atoms with van der Waals surface area (Å²) in [5.41, 5.74) is 0. The van der Waals surface area contributed by atoms with Crippen molar-refractivity contribution < 1.29 is 28.7 Å². The number of likely N-dealkylation sites (N-methyl/N-ethyl adjacent to an activating group) is 3. The highest BCUT2D eigenvalue weighted by atomic mass is 16.6. The summed E-state index contributed by atoms with van der Waals surface area (Å²) < 4.78 is 10.3. The molecule has 0 fully saturated rings. The number of amides is 3. The van der Waals surface area contributed by atoms with E-state index in [4.69, 9.17) is 9.47 Å². The number of carbonyl (C=O) groups is 4. The highest BCUT2D eigenvalue weighted by molar-refractivity contribution is 5.92. The summed E-state index contributed by atoms with van der Waals surface area (Å²) in [5.74, 6) is -1.27. The highest BCUT2D eigenvalue weighted by Gasteiger charge is 2.34. The number of nitrogens with zero attached hydrogens (tertiary/aromatic N) is 3. The number of carbonyl (C=O) groups excluding carboxylic acids is 4. The van der Waals surface area contributed by atoms with E-state index in [1.54, 1.807) is 20.8 Å². The fraction of sp³-hybridized carbons (Fsp3) is 0.818. The van der Waals surface area contributed by atoms with Gasteiger partial charge in [-0.15, -0.1) is 0 Å². The molecule has 0 aromatic carbocycles. The number of hydrogen-bond acceptors (Lipinski definition) is 6. The van der Waals surface area contributed by atoms with Gasteiger partial charge in [0, 0.05) is 21.1 Å². The third-order valence-corrected chi connectivity index (χ3v) is 5.45. The molecule has 0 rings (SSSR count). The largest absolute Gasteiger partial charge is 0.464 e. The van der Waals surface area contributed by atoms with E-state index in [-0.39, 0.29) is 6.61 Å². The Morgan fingerprint density at radius 3 is 1.68 bits per heavy atom. The van der Waals surface area contributed by atoms with Gasteiger partial charge in [-0.2, -0.15) is 0 Å². The van der Waals surface area contributed by atoms with Gasteiger partial charge in [-0.1, -0.05) is 33.1 Å². The van der Waals surface area contributed by atoms with Crippen molar-refractivity contribution in [3.8, 4) is 0 Å². The molecule has 0 N–H and O–H groups in total. The highest BCUT2D eigenvalue weighted by Crippen LogP contribution is 2.11. The third kappa shape index (κ3) is 9.14. The molecule has 0 spiro atoms. The minimum atomic E-state index is -0.820. The van der Waals surface area contributed by atoms with Gasteiger partial charge < -0.3 is 19.3 Å². The maximum absolute atomic E-state index is 12.8. The Hall–Kier alpha value is -2.32. The predicted molar refractivity (Wildman–Crippen MR) is 118 cm³/mol. The SMILES string of the molecule is CCCCCCOC(=O)C(C)N(C)C(=O)C(C)N(C)C(=O)C(C)N(C)C(=O)OCCC. The van der Waals surface area contributed by atoms with Gasteiger partial charge in [0.25, 0.3) is 0 Å².